The molecule has 0 aliphatic rings. The van der Waals surface area contributed by atoms with Crippen molar-refractivity contribution in [2.75, 3.05) is 13.1 Å². The highest BCUT2D eigenvalue weighted by molar-refractivity contribution is 7.17. The van der Waals surface area contributed by atoms with Gasteiger partial charge in [0.1, 0.15) is 0 Å². The molecule has 3 N–H and O–H groups in total. The Morgan fingerprint density at radius 3 is 3.00 bits per heavy atom. The summed E-state index contributed by atoms with van der Waals surface area (Å²) in [4.78, 5) is 0. The van der Waals surface area contributed by atoms with Crippen molar-refractivity contribution in [1.29, 1.82) is 0 Å². The highest BCUT2D eigenvalue weighted by atomic mass is 32.1. The quantitative estimate of drug-likeness (QED) is 0.759. The van der Waals surface area contributed by atoms with Crippen molar-refractivity contribution < 1.29 is 0 Å². The van der Waals surface area contributed by atoms with Crippen LogP contribution in [0, 0.1) is 0 Å². The van der Waals surface area contributed by atoms with E-state index in [1.165, 1.54) is 15.6 Å². The summed E-state index contributed by atoms with van der Waals surface area (Å²) < 4.78 is 1.37. The molecular weight excluding hydrogens is 204 g/mol. The minimum atomic E-state index is 0.761. The molecule has 0 aliphatic heterocycles. The average Bonchev–Trinajstić information content (AvgIpc) is 2.68. The molecule has 1 heterocycles. The van der Waals surface area contributed by atoms with Crippen LogP contribution in [0.5, 0.6) is 0 Å². The van der Waals surface area contributed by atoms with Gasteiger partial charge in [0.25, 0.3) is 0 Å². The van der Waals surface area contributed by atoms with Gasteiger partial charge in [-0.05, 0) is 41.9 Å². The molecule has 80 valence electrons. The maximum Gasteiger partial charge on any atom is 0.0346 e. The van der Waals surface area contributed by atoms with Crippen LogP contribution < -0.4 is 11.1 Å². The van der Waals surface area contributed by atoms with Crippen LogP contribution in [0.25, 0.3) is 10.1 Å². The minimum absolute atomic E-state index is 0.761. The Morgan fingerprint density at radius 2 is 2.13 bits per heavy atom. The molecule has 0 atom stereocenters. The van der Waals surface area contributed by atoms with Gasteiger partial charge in [-0.3, -0.25) is 0 Å². The van der Waals surface area contributed by atoms with E-state index in [1.807, 2.05) is 11.3 Å². The zero-order valence-electron chi connectivity index (χ0n) is 8.70. The normalized spacial score (nSPS) is 11.0. The summed E-state index contributed by atoms with van der Waals surface area (Å²) in [6, 6.07) is 8.54. The first-order valence-electron chi connectivity index (χ1n) is 5.27. The van der Waals surface area contributed by atoms with E-state index < -0.39 is 0 Å². The Bertz CT molecular complexity index is 422. The third-order valence-corrected chi connectivity index (χ3v) is 3.45. The summed E-state index contributed by atoms with van der Waals surface area (Å²) >= 11 is 1.81. The highest BCUT2D eigenvalue weighted by Crippen LogP contribution is 2.25. The zero-order valence-corrected chi connectivity index (χ0v) is 9.52. The summed E-state index contributed by atoms with van der Waals surface area (Å²) in [6.45, 7) is 2.71. The van der Waals surface area contributed by atoms with Gasteiger partial charge in [-0.25, -0.2) is 0 Å². The Kier molecular flexibility index (Phi) is 3.72. The van der Waals surface area contributed by atoms with E-state index in [0.29, 0.717) is 0 Å². The molecule has 2 rings (SSSR count). The third kappa shape index (κ3) is 2.56. The van der Waals surface area contributed by atoms with Crippen LogP contribution in [0.2, 0.25) is 0 Å². The second kappa shape index (κ2) is 5.26. The van der Waals surface area contributed by atoms with Gasteiger partial charge in [-0.15, -0.1) is 11.3 Å². The lowest BCUT2D eigenvalue weighted by atomic mass is 10.2. The summed E-state index contributed by atoms with van der Waals surface area (Å²) in [5.41, 5.74) is 6.84. The van der Waals surface area contributed by atoms with Gasteiger partial charge >= 0.3 is 0 Å². The van der Waals surface area contributed by atoms with E-state index in [-0.39, 0.29) is 0 Å². The number of hydrogen-bond donors (Lipinski definition) is 2. The molecule has 1 aromatic heterocycles. The van der Waals surface area contributed by atoms with E-state index in [1.54, 1.807) is 0 Å². The van der Waals surface area contributed by atoms with Crippen molar-refractivity contribution in [2.45, 2.75) is 13.0 Å². The van der Waals surface area contributed by atoms with Crippen molar-refractivity contribution >= 4 is 21.4 Å². The fourth-order valence-electron chi connectivity index (χ4n) is 1.62. The van der Waals surface area contributed by atoms with Crippen LogP contribution in [0.4, 0.5) is 0 Å². The van der Waals surface area contributed by atoms with E-state index in [2.05, 4.69) is 35.0 Å². The van der Waals surface area contributed by atoms with Crippen molar-refractivity contribution in [1.82, 2.24) is 5.32 Å². The predicted octanol–water partition coefficient (Wildman–Crippen LogP) is 2.34. The van der Waals surface area contributed by atoms with Crippen molar-refractivity contribution in [3.8, 4) is 0 Å². The molecule has 15 heavy (non-hydrogen) atoms. The van der Waals surface area contributed by atoms with Crippen molar-refractivity contribution in [3.05, 3.63) is 35.2 Å². The first-order chi connectivity index (χ1) is 7.42. The highest BCUT2D eigenvalue weighted by Gasteiger charge is 2.01. The maximum atomic E-state index is 5.44. The molecule has 0 saturated heterocycles. The Balaban J connectivity index is 2.02. The molecule has 3 heteroatoms. The van der Waals surface area contributed by atoms with Crippen LogP contribution in [0.15, 0.2) is 29.6 Å². The third-order valence-electron chi connectivity index (χ3n) is 2.43. The molecule has 0 spiro atoms. The Hall–Kier alpha value is -0.900. The number of rotatable bonds is 5. The number of benzene rings is 1. The lowest BCUT2D eigenvalue weighted by Crippen LogP contribution is -2.17. The largest absolute Gasteiger partial charge is 0.330 e. The SMILES string of the molecule is NCCCNCc1csc2ccccc12. The van der Waals surface area contributed by atoms with Crippen LogP contribution in [0.3, 0.4) is 0 Å². The molecule has 0 saturated carbocycles. The van der Waals surface area contributed by atoms with E-state index in [9.17, 15) is 0 Å². The van der Waals surface area contributed by atoms with Crippen molar-refractivity contribution in [2.24, 2.45) is 5.73 Å². The molecule has 2 aromatic rings. The molecule has 0 aliphatic carbocycles. The first kappa shape index (κ1) is 10.6. The summed E-state index contributed by atoms with van der Waals surface area (Å²) in [5, 5.41) is 7.02. The van der Waals surface area contributed by atoms with Gasteiger partial charge in [0.05, 0.1) is 0 Å². The minimum Gasteiger partial charge on any atom is -0.330 e. The number of thiophene rings is 1. The second-order valence-corrected chi connectivity index (χ2v) is 4.49. The number of nitrogens with two attached hydrogens (primary N) is 1. The number of nitrogens with one attached hydrogen (secondary N) is 1. The zero-order chi connectivity index (χ0) is 10.5. The molecule has 0 unspecified atom stereocenters. The summed E-state index contributed by atoms with van der Waals surface area (Å²) in [5.74, 6) is 0. The molecule has 0 radical (unpaired) electrons. The van der Waals surface area contributed by atoms with E-state index in [4.69, 9.17) is 5.73 Å². The smallest absolute Gasteiger partial charge is 0.0346 e. The van der Waals surface area contributed by atoms with Gasteiger partial charge in [-0.2, -0.15) is 0 Å². The monoisotopic (exact) mass is 220 g/mol. The van der Waals surface area contributed by atoms with E-state index in [0.717, 1.165) is 26.1 Å². The standard InChI is InChI=1S/C12H16N2S/c13-6-3-7-14-8-10-9-15-12-5-2-1-4-11(10)12/h1-2,4-5,9,14H,3,6-8,13H2. The topological polar surface area (TPSA) is 38.0 Å². The predicted molar refractivity (Wildman–Crippen MR) is 67.2 cm³/mol. The second-order valence-electron chi connectivity index (χ2n) is 3.58. The van der Waals surface area contributed by atoms with Gasteiger partial charge in [-0.1, -0.05) is 18.2 Å². The summed E-state index contributed by atoms with van der Waals surface area (Å²) in [7, 11) is 0. The molecule has 0 bridgehead atoms. The van der Waals surface area contributed by atoms with Gasteiger partial charge < -0.3 is 11.1 Å². The lowest BCUT2D eigenvalue weighted by Gasteiger charge is -2.02. The number of hydrogen-bond acceptors (Lipinski definition) is 3. The number of fused-ring (bicyclic) bond motifs is 1. The van der Waals surface area contributed by atoms with Gasteiger partial charge in [0, 0.05) is 11.2 Å². The molecular formula is C12H16N2S. The van der Waals surface area contributed by atoms with Crippen LogP contribution in [-0.4, -0.2) is 13.1 Å². The van der Waals surface area contributed by atoms with Crippen LogP contribution >= 0.6 is 11.3 Å². The molecule has 0 amide bonds. The van der Waals surface area contributed by atoms with Crippen molar-refractivity contribution in [3.63, 3.8) is 0 Å². The van der Waals surface area contributed by atoms with Crippen LogP contribution in [-0.2, 0) is 6.54 Å². The first-order valence-corrected chi connectivity index (χ1v) is 6.15. The van der Waals surface area contributed by atoms with E-state index >= 15 is 0 Å². The fraction of sp³-hybridized carbons (Fsp3) is 0.333. The maximum absolute atomic E-state index is 5.44. The Morgan fingerprint density at radius 1 is 1.27 bits per heavy atom. The lowest BCUT2D eigenvalue weighted by molar-refractivity contribution is 0.658. The van der Waals surface area contributed by atoms with Gasteiger partial charge in [0.2, 0.25) is 0 Å². The molecule has 2 nitrogen and oxygen atoms in total. The summed E-state index contributed by atoms with van der Waals surface area (Å²) in [6.07, 6.45) is 1.04. The molecule has 0 fully saturated rings. The van der Waals surface area contributed by atoms with Gasteiger partial charge in [0.15, 0.2) is 0 Å². The fourth-order valence-corrected chi connectivity index (χ4v) is 2.58. The average molecular weight is 220 g/mol. The van der Waals surface area contributed by atoms with Crippen LogP contribution in [0.1, 0.15) is 12.0 Å². The Labute approximate surface area is 94.1 Å². The molecule has 1 aromatic carbocycles.